The van der Waals surface area contributed by atoms with Gasteiger partial charge in [0.2, 0.25) is 0 Å². The molecule has 0 bridgehead atoms. The summed E-state index contributed by atoms with van der Waals surface area (Å²) in [5.41, 5.74) is 1.37. The number of nitrogens with one attached hydrogen (secondary N) is 1. The predicted octanol–water partition coefficient (Wildman–Crippen LogP) is 2.04. The number of likely N-dealkylation sites (N-methyl/N-ethyl adjacent to an activating group) is 1. The van der Waals surface area contributed by atoms with E-state index in [0.29, 0.717) is 6.04 Å². The molecular formula is C10H15N. The maximum absolute atomic E-state index is 3.22. The fourth-order valence-electron chi connectivity index (χ4n) is 1.08. The lowest BCUT2D eigenvalue weighted by Gasteiger charge is -2.10. The summed E-state index contributed by atoms with van der Waals surface area (Å²) in [4.78, 5) is 0. The van der Waals surface area contributed by atoms with Crippen molar-refractivity contribution < 1.29 is 0 Å². The van der Waals surface area contributed by atoms with Crippen LogP contribution in [0.25, 0.3) is 0 Å². The van der Waals surface area contributed by atoms with Crippen LogP contribution in [0.4, 0.5) is 0 Å². The van der Waals surface area contributed by atoms with E-state index in [1.54, 1.807) is 0 Å². The molecule has 0 spiro atoms. The summed E-state index contributed by atoms with van der Waals surface area (Å²) in [7, 11) is 1.98. The Balaban J connectivity index is 2.64. The molecule has 1 rings (SSSR count). The highest BCUT2D eigenvalue weighted by atomic mass is 14.9. The van der Waals surface area contributed by atoms with Crippen molar-refractivity contribution in [2.45, 2.75) is 19.4 Å². The quantitative estimate of drug-likeness (QED) is 0.633. The van der Waals surface area contributed by atoms with Crippen LogP contribution in [0.1, 0.15) is 13.3 Å². The lowest BCUT2D eigenvalue weighted by atomic mass is 10.1. The van der Waals surface area contributed by atoms with Gasteiger partial charge >= 0.3 is 0 Å². The van der Waals surface area contributed by atoms with Crippen LogP contribution in [0, 0.1) is 0 Å². The summed E-state index contributed by atoms with van der Waals surface area (Å²) in [6.07, 6.45) is 11.8. The van der Waals surface area contributed by atoms with E-state index in [1.165, 1.54) is 5.57 Å². The first-order chi connectivity index (χ1) is 5.34. The van der Waals surface area contributed by atoms with E-state index < -0.39 is 0 Å². The molecule has 0 aliphatic heterocycles. The van der Waals surface area contributed by atoms with E-state index >= 15 is 0 Å². The van der Waals surface area contributed by atoms with Gasteiger partial charge < -0.3 is 5.32 Å². The molecule has 0 radical (unpaired) electrons. The average Bonchev–Trinajstić information content (AvgIpc) is 2.30. The van der Waals surface area contributed by atoms with Gasteiger partial charge in [-0.3, -0.25) is 0 Å². The van der Waals surface area contributed by atoms with Crippen molar-refractivity contribution in [3.05, 3.63) is 36.0 Å². The van der Waals surface area contributed by atoms with Gasteiger partial charge in [0.1, 0.15) is 0 Å². The van der Waals surface area contributed by atoms with Crippen LogP contribution in [0.3, 0.4) is 0 Å². The smallest absolute Gasteiger partial charge is 0.0285 e. The minimum Gasteiger partial charge on any atom is -0.313 e. The molecule has 0 aromatic carbocycles. The van der Waals surface area contributed by atoms with E-state index in [2.05, 4.69) is 42.6 Å². The fraction of sp³-hybridized carbons (Fsp3) is 0.400. The third kappa shape index (κ3) is 2.35. The molecule has 0 amide bonds. The van der Waals surface area contributed by atoms with Gasteiger partial charge in [-0.05, 0) is 26.0 Å². The molecule has 1 aliphatic rings. The maximum Gasteiger partial charge on any atom is 0.0285 e. The SMILES string of the molecule is CNC(C)C1=CCC=CC=C1. The zero-order valence-corrected chi connectivity index (χ0v) is 7.17. The predicted molar refractivity (Wildman–Crippen MR) is 49.5 cm³/mol. The highest BCUT2D eigenvalue weighted by molar-refractivity contribution is 5.29. The first kappa shape index (κ1) is 8.28. The van der Waals surface area contributed by atoms with Crippen LogP contribution < -0.4 is 5.32 Å². The van der Waals surface area contributed by atoms with Gasteiger partial charge in [0, 0.05) is 6.04 Å². The Morgan fingerprint density at radius 3 is 3.00 bits per heavy atom. The van der Waals surface area contributed by atoms with Crippen LogP contribution >= 0.6 is 0 Å². The van der Waals surface area contributed by atoms with Crippen molar-refractivity contribution >= 4 is 0 Å². The topological polar surface area (TPSA) is 12.0 Å². The number of hydrogen-bond acceptors (Lipinski definition) is 1. The Labute approximate surface area is 68.5 Å². The van der Waals surface area contributed by atoms with Gasteiger partial charge in [-0.2, -0.15) is 0 Å². The number of hydrogen-bond donors (Lipinski definition) is 1. The zero-order valence-electron chi connectivity index (χ0n) is 7.17. The molecule has 0 saturated carbocycles. The van der Waals surface area contributed by atoms with Gasteiger partial charge in [0.15, 0.2) is 0 Å². The summed E-state index contributed by atoms with van der Waals surface area (Å²) in [5, 5.41) is 3.22. The molecule has 0 heterocycles. The lowest BCUT2D eigenvalue weighted by molar-refractivity contribution is 0.703. The molecule has 1 N–H and O–H groups in total. The van der Waals surface area contributed by atoms with Crippen molar-refractivity contribution in [3.8, 4) is 0 Å². The molecule has 60 valence electrons. The van der Waals surface area contributed by atoms with E-state index in [0.717, 1.165) is 6.42 Å². The second-order valence-electron chi connectivity index (χ2n) is 2.74. The Hall–Kier alpha value is -0.820. The molecule has 0 aromatic rings. The van der Waals surface area contributed by atoms with Crippen LogP contribution in [-0.4, -0.2) is 13.1 Å². The summed E-state index contributed by atoms with van der Waals surface area (Å²) in [6.45, 7) is 2.17. The molecule has 1 heteroatoms. The zero-order chi connectivity index (χ0) is 8.10. The second-order valence-corrected chi connectivity index (χ2v) is 2.74. The van der Waals surface area contributed by atoms with Gasteiger partial charge in [0.05, 0.1) is 0 Å². The lowest BCUT2D eigenvalue weighted by Crippen LogP contribution is -2.22. The summed E-state index contributed by atoms with van der Waals surface area (Å²) in [5.74, 6) is 0. The third-order valence-electron chi connectivity index (χ3n) is 1.96. The van der Waals surface area contributed by atoms with E-state index in [9.17, 15) is 0 Å². The highest BCUT2D eigenvalue weighted by Crippen LogP contribution is 2.08. The van der Waals surface area contributed by atoms with Crippen molar-refractivity contribution in [2.75, 3.05) is 7.05 Å². The van der Waals surface area contributed by atoms with Crippen LogP contribution in [-0.2, 0) is 0 Å². The Kier molecular flexibility index (Phi) is 3.12. The largest absolute Gasteiger partial charge is 0.313 e. The average molecular weight is 149 g/mol. The normalized spacial score (nSPS) is 19.3. The summed E-state index contributed by atoms with van der Waals surface area (Å²) >= 11 is 0. The number of allylic oxidation sites excluding steroid dienone is 4. The first-order valence-corrected chi connectivity index (χ1v) is 4.05. The molecule has 11 heavy (non-hydrogen) atoms. The van der Waals surface area contributed by atoms with E-state index in [1.807, 2.05) is 7.05 Å². The summed E-state index contributed by atoms with van der Waals surface area (Å²) < 4.78 is 0. The van der Waals surface area contributed by atoms with Crippen LogP contribution in [0.2, 0.25) is 0 Å². The highest BCUT2D eigenvalue weighted by Gasteiger charge is 2.01. The first-order valence-electron chi connectivity index (χ1n) is 4.05. The molecule has 0 aromatic heterocycles. The van der Waals surface area contributed by atoms with Gasteiger partial charge in [0.25, 0.3) is 0 Å². The van der Waals surface area contributed by atoms with Crippen molar-refractivity contribution in [3.63, 3.8) is 0 Å². The molecule has 1 aliphatic carbocycles. The third-order valence-corrected chi connectivity index (χ3v) is 1.96. The Morgan fingerprint density at radius 1 is 1.45 bits per heavy atom. The van der Waals surface area contributed by atoms with Crippen molar-refractivity contribution in [2.24, 2.45) is 0 Å². The Bertz CT molecular complexity index is 199. The molecule has 1 nitrogen and oxygen atoms in total. The number of rotatable bonds is 2. The minimum atomic E-state index is 0.464. The molecule has 1 atom stereocenters. The van der Waals surface area contributed by atoms with E-state index in [-0.39, 0.29) is 0 Å². The van der Waals surface area contributed by atoms with E-state index in [4.69, 9.17) is 0 Å². The van der Waals surface area contributed by atoms with Crippen LogP contribution in [0.5, 0.6) is 0 Å². The van der Waals surface area contributed by atoms with Gasteiger partial charge in [-0.25, -0.2) is 0 Å². The Morgan fingerprint density at radius 2 is 2.27 bits per heavy atom. The molecule has 1 unspecified atom stereocenters. The minimum absolute atomic E-state index is 0.464. The molecule has 0 saturated heterocycles. The van der Waals surface area contributed by atoms with Gasteiger partial charge in [-0.1, -0.05) is 30.4 Å². The maximum atomic E-state index is 3.22. The summed E-state index contributed by atoms with van der Waals surface area (Å²) in [6, 6.07) is 0.464. The van der Waals surface area contributed by atoms with Crippen molar-refractivity contribution in [1.29, 1.82) is 0 Å². The standard InChI is InChI=1S/C10H15N/c1-9(11-2)10-7-5-3-4-6-8-10/h3-5,7-9,11H,6H2,1-2H3. The monoisotopic (exact) mass is 149 g/mol. The van der Waals surface area contributed by atoms with Gasteiger partial charge in [-0.15, -0.1) is 0 Å². The van der Waals surface area contributed by atoms with Crippen LogP contribution in [0.15, 0.2) is 36.0 Å². The second kappa shape index (κ2) is 4.14. The van der Waals surface area contributed by atoms with Crippen molar-refractivity contribution in [1.82, 2.24) is 5.32 Å². The molecule has 0 fully saturated rings. The fourth-order valence-corrected chi connectivity index (χ4v) is 1.08. The molecular weight excluding hydrogens is 134 g/mol.